The summed E-state index contributed by atoms with van der Waals surface area (Å²) in [5, 5.41) is 7.59. The number of para-hydroxylation sites is 1. The van der Waals surface area contributed by atoms with Crippen molar-refractivity contribution in [3.05, 3.63) is 36.6 Å². The van der Waals surface area contributed by atoms with E-state index in [0.29, 0.717) is 23.2 Å². The van der Waals surface area contributed by atoms with E-state index in [1.807, 2.05) is 24.3 Å². The van der Waals surface area contributed by atoms with E-state index in [0.717, 1.165) is 5.56 Å². The lowest BCUT2D eigenvalue weighted by molar-refractivity contribution is 0.404. The Morgan fingerprint density at radius 3 is 2.78 bits per heavy atom. The zero-order valence-electron chi connectivity index (χ0n) is 9.53. The van der Waals surface area contributed by atoms with Crippen LogP contribution in [0.1, 0.15) is 0 Å². The maximum atomic E-state index is 5.24. The summed E-state index contributed by atoms with van der Waals surface area (Å²) in [6.07, 6.45) is 1.45. The minimum atomic E-state index is 0.379. The van der Waals surface area contributed by atoms with E-state index < -0.39 is 0 Å². The van der Waals surface area contributed by atoms with E-state index in [1.165, 1.54) is 6.26 Å². The molecule has 0 fully saturated rings. The number of rotatable bonds is 3. The predicted molar refractivity (Wildman–Crippen MR) is 61.8 cm³/mol. The fourth-order valence-corrected chi connectivity index (χ4v) is 1.59. The summed E-state index contributed by atoms with van der Waals surface area (Å²) < 4.78 is 15.2. The Morgan fingerprint density at radius 2 is 2.00 bits per heavy atom. The van der Waals surface area contributed by atoms with E-state index in [9.17, 15) is 0 Å². The van der Waals surface area contributed by atoms with E-state index in [4.69, 9.17) is 13.8 Å². The lowest BCUT2D eigenvalue weighted by atomic mass is 10.2. The van der Waals surface area contributed by atoms with Crippen LogP contribution in [0.25, 0.3) is 23.0 Å². The smallest absolute Gasteiger partial charge is 0.262 e. The van der Waals surface area contributed by atoms with Crippen molar-refractivity contribution in [2.75, 3.05) is 7.11 Å². The van der Waals surface area contributed by atoms with Crippen molar-refractivity contribution >= 4 is 0 Å². The van der Waals surface area contributed by atoms with Crippen molar-refractivity contribution in [3.8, 4) is 28.7 Å². The standard InChI is InChI=1S/C12H9N3O3/c1-16-10-5-3-2-4-8(10)12-13-11(15-18-12)9-6-7-17-14-9/h2-7H,1H3. The monoisotopic (exact) mass is 243 g/mol. The molecule has 0 radical (unpaired) electrons. The summed E-state index contributed by atoms with van der Waals surface area (Å²) in [6.45, 7) is 0. The first kappa shape index (κ1) is 10.5. The minimum Gasteiger partial charge on any atom is -0.496 e. The van der Waals surface area contributed by atoms with Crippen LogP contribution in [0.5, 0.6) is 5.75 Å². The van der Waals surface area contributed by atoms with Crippen LogP contribution >= 0.6 is 0 Å². The molecule has 0 spiro atoms. The van der Waals surface area contributed by atoms with Gasteiger partial charge < -0.3 is 13.8 Å². The Kier molecular flexibility index (Phi) is 2.53. The van der Waals surface area contributed by atoms with Gasteiger partial charge in [0.2, 0.25) is 5.82 Å². The highest BCUT2D eigenvalue weighted by Crippen LogP contribution is 2.29. The maximum absolute atomic E-state index is 5.24. The van der Waals surface area contributed by atoms with Crippen molar-refractivity contribution in [1.82, 2.24) is 15.3 Å². The van der Waals surface area contributed by atoms with Crippen LogP contribution in [0.15, 0.2) is 45.6 Å². The summed E-state index contributed by atoms with van der Waals surface area (Å²) in [5.74, 6) is 1.43. The van der Waals surface area contributed by atoms with Gasteiger partial charge in [0.25, 0.3) is 5.89 Å². The summed E-state index contributed by atoms with van der Waals surface area (Å²) in [7, 11) is 1.59. The zero-order chi connectivity index (χ0) is 12.4. The second kappa shape index (κ2) is 4.33. The molecule has 1 aromatic carbocycles. The highest BCUT2D eigenvalue weighted by Gasteiger charge is 2.15. The van der Waals surface area contributed by atoms with Crippen LogP contribution in [0.4, 0.5) is 0 Å². The SMILES string of the molecule is COc1ccccc1-c1nc(-c2ccon2)no1. The number of benzene rings is 1. The molecule has 0 N–H and O–H groups in total. The molecule has 0 aliphatic carbocycles. The molecule has 6 heteroatoms. The van der Waals surface area contributed by atoms with Crippen molar-refractivity contribution in [3.63, 3.8) is 0 Å². The van der Waals surface area contributed by atoms with Gasteiger partial charge in [0, 0.05) is 6.07 Å². The Balaban J connectivity index is 2.03. The van der Waals surface area contributed by atoms with Gasteiger partial charge >= 0.3 is 0 Å². The van der Waals surface area contributed by atoms with Crippen LogP contribution in [0.3, 0.4) is 0 Å². The molecular formula is C12H9N3O3. The van der Waals surface area contributed by atoms with Gasteiger partial charge in [-0.05, 0) is 12.1 Å². The second-order valence-electron chi connectivity index (χ2n) is 3.51. The molecule has 0 unspecified atom stereocenters. The molecule has 2 aromatic heterocycles. The molecule has 0 bridgehead atoms. The topological polar surface area (TPSA) is 74.2 Å². The molecule has 0 aliphatic rings. The molecule has 2 heterocycles. The molecule has 0 amide bonds. The van der Waals surface area contributed by atoms with Crippen molar-refractivity contribution in [2.24, 2.45) is 0 Å². The molecule has 18 heavy (non-hydrogen) atoms. The Labute approximate surface area is 102 Å². The highest BCUT2D eigenvalue weighted by atomic mass is 16.5. The third-order valence-electron chi connectivity index (χ3n) is 2.43. The molecular weight excluding hydrogens is 234 g/mol. The number of nitrogens with zero attached hydrogens (tertiary/aromatic N) is 3. The zero-order valence-corrected chi connectivity index (χ0v) is 9.53. The van der Waals surface area contributed by atoms with Gasteiger partial charge in [0.05, 0.1) is 12.7 Å². The van der Waals surface area contributed by atoms with Crippen LogP contribution in [-0.4, -0.2) is 22.4 Å². The number of ether oxygens (including phenoxy) is 1. The molecule has 90 valence electrons. The first-order chi connectivity index (χ1) is 8.88. The first-order valence-electron chi connectivity index (χ1n) is 5.26. The van der Waals surface area contributed by atoms with E-state index in [2.05, 4.69) is 15.3 Å². The minimum absolute atomic E-state index is 0.379. The van der Waals surface area contributed by atoms with Gasteiger partial charge in [-0.1, -0.05) is 22.4 Å². The molecule has 0 saturated carbocycles. The van der Waals surface area contributed by atoms with Crippen LogP contribution in [0, 0.1) is 0 Å². The fraction of sp³-hybridized carbons (Fsp3) is 0.0833. The summed E-state index contributed by atoms with van der Waals surface area (Å²) in [5.41, 5.74) is 1.27. The molecule has 3 aromatic rings. The molecule has 3 rings (SSSR count). The van der Waals surface area contributed by atoms with Crippen molar-refractivity contribution in [1.29, 1.82) is 0 Å². The Morgan fingerprint density at radius 1 is 1.11 bits per heavy atom. The van der Waals surface area contributed by atoms with E-state index in [1.54, 1.807) is 13.2 Å². The lowest BCUT2D eigenvalue weighted by Crippen LogP contribution is -1.87. The first-order valence-corrected chi connectivity index (χ1v) is 5.26. The normalized spacial score (nSPS) is 10.5. The lowest BCUT2D eigenvalue weighted by Gasteiger charge is -2.02. The molecule has 6 nitrogen and oxygen atoms in total. The van der Waals surface area contributed by atoms with Gasteiger partial charge in [-0.3, -0.25) is 0 Å². The summed E-state index contributed by atoms with van der Waals surface area (Å²) in [6, 6.07) is 9.08. The largest absolute Gasteiger partial charge is 0.496 e. The van der Waals surface area contributed by atoms with Gasteiger partial charge in [0.15, 0.2) is 5.69 Å². The number of aromatic nitrogens is 3. The second-order valence-corrected chi connectivity index (χ2v) is 3.51. The number of methoxy groups -OCH3 is 1. The van der Waals surface area contributed by atoms with Gasteiger partial charge in [-0.25, -0.2) is 0 Å². The molecule has 0 saturated heterocycles. The average Bonchev–Trinajstić information content (AvgIpc) is 3.09. The van der Waals surface area contributed by atoms with Crippen LogP contribution in [-0.2, 0) is 0 Å². The van der Waals surface area contributed by atoms with Crippen LogP contribution < -0.4 is 4.74 Å². The number of hydrogen-bond donors (Lipinski definition) is 0. The highest BCUT2D eigenvalue weighted by molar-refractivity contribution is 5.64. The third kappa shape index (κ3) is 1.73. The van der Waals surface area contributed by atoms with Crippen molar-refractivity contribution in [2.45, 2.75) is 0 Å². The summed E-state index contributed by atoms with van der Waals surface area (Å²) in [4.78, 5) is 4.25. The third-order valence-corrected chi connectivity index (χ3v) is 2.43. The van der Waals surface area contributed by atoms with Gasteiger partial charge in [0.1, 0.15) is 12.0 Å². The van der Waals surface area contributed by atoms with E-state index in [-0.39, 0.29) is 0 Å². The summed E-state index contributed by atoms with van der Waals surface area (Å²) >= 11 is 0. The van der Waals surface area contributed by atoms with Gasteiger partial charge in [-0.15, -0.1) is 0 Å². The van der Waals surface area contributed by atoms with Crippen LogP contribution in [0.2, 0.25) is 0 Å². The Bertz CT molecular complexity index is 646. The predicted octanol–water partition coefficient (Wildman–Crippen LogP) is 2.40. The average molecular weight is 243 g/mol. The fourth-order valence-electron chi connectivity index (χ4n) is 1.59. The van der Waals surface area contributed by atoms with Crippen molar-refractivity contribution < 1.29 is 13.8 Å². The van der Waals surface area contributed by atoms with E-state index >= 15 is 0 Å². The Hall–Kier alpha value is -2.63. The molecule has 0 atom stereocenters. The number of hydrogen-bond acceptors (Lipinski definition) is 6. The quantitative estimate of drug-likeness (QED) is 0.703. The molecule has 0 aliphatic heterocycles. The maximum Gasteiger partial charge on any atom is 0.262 e. The van der Waals surface area contributed by atoms with Gasteiger partial charge in [-0.2, -0.15) is 4.98 Å².